The van der Waals surface area contributed by atoms with Crippen LogP contribution in [0.2, 0.25) is 0 Å². The highest BCUT2D eigenvalue weighted by Crippen LogP contribution is 2.48. The molecular weight excluding hydrogens is 514 g/mol. The predicted octanol–water partition coefficient (Wildman–Crippen LogP) is 6.21. The first-order valence-electron chi connectivity index (χ1n) is 15.5. The summed E-state index contributed by atoms with van der Waals surface area (Å²) >= 11 is 0. The van der Waals surface area contributed by atoms with Crippen molar-refractivity contribution in [3.63, 3.8) is 0 Å². The van der Waals surface area contributed by atoms with E-state index in [1.165, 1.54) is 38.5 Å². The number of nitrogens with one attached hydrogen (secondary N) is 2. The molecule has 9 heteroatoms. The number of carbonyl (C=O) groups excluding carboxylic acids is 2. The Hall–Kier alpha value is -3.49. The topological polar surface area (TPSA) is 132 Å². The molecule has 1 atom stereocenters. The fraction of sp³-hybridized carbons (Fsp3) is 0.594. The van der Waals surface area contributed by atoms with Crippen molar-refractivity contribution in [1.82, 2.24) is 25.0 Å². The molecule has 0 bridgehead atoms. The van der Waals surface area contributed by atoms with Gasteiger partial charge in [-0.05, 0) is 57.6 Å². The Kier molecular flexibility index (Phi) is 8.90. The third kappa shape index (κ3) is 5.95. The average molecular weight is 560 g/mol. The van der Waals surface area contributed by atoms with Crippen molar-refractivity contribution in [2.45, 2.75) is 104 Å². The summed E-state index contributed by atoms with van der Waals surface area (Å²) in [5, 5.41) is 15.1. The van der Waals surface area contributed by atoms with Gasteiger partial charge in [-0.25, -0.2) is 4.98 Å². The summed E-state index contributed by atoms with van der Waals surface area (Å²) in [5.74, 6) is 0.306. The Morgan fingerprint density at radius 1 is 1.00 bits per heavy atom. The number of amides is 2. The molecule has 41 heavy (non-hydrogen) atoms. The van der Waals surface area contributed by atoms with E-state index in [9.17, 15) is 9.59 Å². The van der Waals surface area contributed by atoms with Crippen molar-refractivity contribution in [2.24, 2.45) is 23.5 Å². The van der Waals surface area contributed by atoms with E-state index < -0.39 is 11.8 Å². The minimum atomic E-state index is -0.535. The van der Waals surface area contributed by atoms with Gasteiger partial charge < -0.3 is 11.1 Å². The van der Waals surface area contributed by atoms with E-state index in [0.29, 0.717) is 35.5 Å². The van der Waals surface area contributed by atoms with E-state index in [-0.39, 0.29) is 11.8 Å². The summed E-state index contributed by atoms with van der Waals surface area (Å²) in [7, 11) is 0. The second-order valence-electron chi connectivity index (χ2n) is 12.1. The van der Waals surface area contributed by atoms with E-state index in [2.05, 4.69) is 20.6 Å². The third-order valence-electron chi connectivity index (χ3n) is 9.53. The predicted molar refractivity (Wildman–Crippen MR) is 160 cm³/mol. The van der Waals surface area contributed by atoms with Gasteiger partial charge in [-0.1, -0.05) is 64.2 Å². The summed E-state index contributed by atoms with van der Waals surface area (Å²) in [5.41, 5.74) is 11.7. The summed E-state index contributed by atoms with van der Waals surface area (Å²) in [6, 6.07) is 3.87. The molecule has 0 aliphatic heterocycles. The molecule has 5 rings (SSSR count). The van der Waals surface area contributed by atoms with Crippen LogP contribution in [0.3, 0.4) is 0 Å². The monoisotopic (exact) mass is 559 g/mol. The molecule has 2 saturated carbocycles. The van der Waals surface area contributed by atoms with Crippen molar-refractivity contribution in [3.8, 4) is 11.1 Å². The number of nitrogens with two attached hydrogens (primary N) is 1. The SMILES string of the molecule is CCn1ncc([C@@H](C(=O)Nc2ccc(-c3c(C)n[nH]c3C)c(C)n2)C(C2CCCCC2)C2CCCCC2)c1C(N)=O. The van der Waals surface area contributed by atoms with Crippen LogP contribution in [0.1, 0.15) is 110 Å². The number of hydrogen-bond donors (Lipinski definition) is 3. The van der Waals surface area contributed by atoms with Gasteiger partial charge >= 0.3 is 0 Å². The van der Waals surface area contributed by atoms with Gasteiger partial charge in [0.05, 0.1) is 17.8 Å². The van der Waals surface area contributed by atoms with Gasteiger partial charge in [-0.2, -0.15) is 10.2 Å². The molecular formula is C32H45N7O2. The van der Waals surface area contributed by atoms with Gasteiger partial charge in [0.25, 0.3) is 5.91 Å². The van der Waals surface area contributed by atoms with Crippen LogP contribution in [0.4, 0.5) is 5.82 Å². The maximum absolute atomic E-state index is 14.5. The maximum Gasteiger partial charge on any atom is 0.267 e. The molecule has 220 valence electrons. The summed E-state index contributed by atoms with van der Waals surface area (Å²) < 4.78 is 1.64. The summed E-state index contributed by atoms with van der Waals surface area (Å²) in [6.45, 7) is 8.38. The van der Waals surface area contributed by atoms with E-state index in [1.54, 1.807) is 10.9 Å². The molecule has 9 nitrogen and oxygen atoms in total. The number of nitrogens with zero attached hydrogens (tertiary/aromatic N) is 4. The van der Waals surface area contributed by atoms with Crippen LogP contribution in [0.5, 0.6) is 0 Å². The second-order valence-corrected chi connectivity index (χ2v) is 12.1. The number of rotatable bonds is 9. The lowest BCUT2D eigenvalue weighted by atomic mass is 9.63. The molecule has 4 N–H and O–H groups in total. The van der Waals surface area contributed by atoms with E-state index >= 15 is 0 Å². The molecule has 0 saturated heterocycles. The van der Waals surface area contributed by atoms with Crippen LogP contribution in [-0.2, 0) is 11.3 Å². The number of aromatic nitrogens is 5. The second kappa shape index (κ2) is 12.6. The van der Waals surface area contributed by atoms with Gasteiger partial charge in [-0.15, -0.1) is 0 Å². The number of carbonyl (C=O) groups is 2. The molecule has 0 radical (unpaired) electrons. The van der Waals surface area contributed by atoms with E-state index in [1.807, 2.05) is 39.8 Å². The lowest BCUT2D eigenvalue weighted by Crippen LogP contribution is -2.39. The highest BCUT2D eigenvalue weighted by atomic mass is 16.2. The number of aryl methyl sites for hydroxylation is 4. The number of primary amides is 1. The van der Waals surface area contributed by atoms with E-state index in [0.717, 1.165) is 53.9 Å². The number of anilines is 1. The number of hydrogen-bond acceptors (Lipinski definition) is 5. The minimum absolute atomic E-state index is 0.125. The third-order valence-corrected chi connectivity index (χ3v) is 9.53. The quantitative estimate of drug-likeness (QED) is 0.287. The first kappa shape index (κ1) is 29.0. The minimum Gasteiger partial charge on any atom is -0.364 e. The van der Waals surface area contributed by atoms with Crippen LogP contribution in [0.25, 0.3) is 11.1 Å². The summed E-state index contributed by atoms with van der Waals surface area (Å²) in [4.78, 5) is 32.1. The van der Waals surface area contributed by atoms with Crippen molar-refractivity contribution < 1.29 is 9.59 Å². The zero-order valence-electron chi connectivity index (χ0n) is 25.0. The van der Waals surface area contributed by atoms with Gasteiger partial charge in [-0.3, -0.25) is 19.4 Å². The molecule has 2 aliphatic carbocycles. The van der Waals surface area contributed by atoms with Crippen molar-refractivity contribution >= 4 is 17.6 Å². The fourth-order valence-electron chi connectivity index (χ4n) is 7.67. The summed E-state index contributed by atoms with van der Waals surface area (Å²) in [6.07, 6.45) is 13.4. The van der Waals surface area contributed by atoms with Crippen molar-refractivity contribution in [3.05, 3.63) is 46.7 Å². The van der Waals surface area contributed by atoms with Crippen LogP contribution in [0.15, 0.2) is 18.3 Å². The van der Waals surface area contributed by atoms with Crippen LogP contribution in [-0.4, -0.2) is 36.8 Å². The molecule has 2 aliphatic rings. The van der Waals surface area contributed by atoms with Gasteiger partial charge in [0.15, 0.2) is 0 Å². The Balaban J connectivity index is 1.55. The zero-order valence-corrected chi connectivity index (χ0v) is 25.0. The Bertz CT molecular complexity index is 1340. The smallest absolute Gasteiger partial charge is 0.267 e. The molecule has 3 heterocycles. The highest BCUT2D eigenvalue weighted by molar-refractivity contribution is 5.99. The Morgan fingerprint density at radius 3 is 2.15 bits per heavy atom. The molecule has 3 aromatic heterocycles. The normalized spacial score (nSPS) is 17.6. The first-order chi connectivity index (χ1) is 19.8. The Morgan fingerprint density at radius 2 is 1.63 bits per heavy atom. The van der Waals surface area contributed by atoms with E-state index in [4.69, 9.17) is 10.7 Å². The molecule has 0 unspecified atom stereocenters. The first-order valence-corrected chi connectivity index (χ1v) is 15.5. The maximum atomic E-state index is 14.5. The van der Waals surface area contributed by atoms with Gasteiger partial charge in [0.2, 0.25) is 5.91 Å². The molecule has 3 aromatic rings. The fourth-order valence-corrected chi connectivity index (χ4v) is 7.67. The number of H-pyrrole nitrogens is 1. The van der Waals surface area contributed by atoms with Crippen molar-refractivity contribution in [1.29, 1.82) is 0 Å². The lowest BCUT2D eigenvalue weighted by molar-refractivity contribution is -0.120. The van der Waals surface area contributed by atoms with Crippen molar-refractivity contribution in [2.75, 3.05) is 5.32 Å². The largest absolute Gasteiger partial charge is 0.364 e. The number of aromatic amines is 1. The zero-order chi connectivity index (χ0) is 29.1. The average Bonchev–Trinajstić information content (AvgIpc) is 3.55. The van der Waals surface area contributed by atoms with Gasteiger partial charge in [0, 0.05) is 34.6 Å². The Labute approximate surface area is 243 Å². The number of pyridine rings is 1. The molecule has 0 spiro atoms. The molecule has 2 fully saturated rings. The standard InChI is InChI=1S/C32H45N7O2/c1-5-39-30(31(33)40)25(18-34-39)29(28(22-12-8-6-9-13-22)23-14-10-7-11-15-23)32(41)36-26-17-16-24(19(2)35-26)27-20(3)37-38-21(27)4/h16-18,22-23,28-29H,5-15H2,1-4H3,(H2,33,40)(H,37,38)(H,35,36,41)/t29-/m1/s1. The molecule has 0 aromatic carbocycles. The molecule has 2 amide bonds. The van der Waals surface area contributed by atoms with Crippen LogP contribution in [0, 0.1) is 38.5 Å². The van der Waals surface area contributed by atoms with Crippen LogP contribution < -0.4 is 11.1 Å². The van der Waals surface area contributed by atoms with Gasteiger partial charge in [0.1, 0.15) is 11.5 Å². The highest BCUT2D eigenvalue weighted by Gasteiger charge is 2.43. The van der Waals surface area contributed by atoms with Crippen LogP contribution >= 0.6 is 0 Å². The lowest BCUT2D eigenvalue weighted by Gasteiger charge is -2.41.